The number of nitrogens with one attached hydrogen (secondary N) is 1. The standard InChI is InChI=1S/C16H21N3/c1-11-13-6-4-5-7-14(13)15(19-18-11)17-12-8-9-16(2,3)10-12/h4-7,12H,8-10H2,1-3H3,(H,17,19). The Bertz CT molecular complexity index is 604. The van der Waals surface area contributed by atoms with Crippen molar-refractivity contribution in [2.24, 2.45) is 5.41 Å². The van der Waals surface area contributed by atoms with Gasteiger partial charge in [0.1, 0.15) is 0 Å². The number of rotatable bonds is 2. The molecule has 19 heavy (non-hydrogen) atoms. The molecule has 1 aromatic carbocycles. The lowest BCUT2D eigenvalue weighted by atomic mass is 9.92. The van der Waals surface area contributed by atoms with Crippen molar-refractivity contribution in [1.29, 1.82) is 0 Å². The average Bonchev–Trinajstić information content (AvgIpc) is 2.73. The van der Waals surface area contributed by atoms with E-state index in [4.69, 9.17) is 0 Å². The smallest absolute Gasteiger partial charge is 0.156 e. The first kappa shape index (κ1) is 12.4. The van der Waals surface area contributed by atoms with Crippen LogP contribution >= 0.6 is 0 Å². The lowest BCUT2D eigenvalue weighted by molar-refractivity contribution is 0.378. The Kier molecular flexibility index (Phi) is 2.92. The van der Waals surface area contributed by atoms with Crippen LogP contribution in [0.5, 0.6) is 0 Å². The Morgan fingerprint density at radius 1 is 1.16 bits per heavy atom. The summed E-state index contributed by atoms with van der Waals surface area (Å²) in [6, 6.07) is 8.88. The van der Waals surface area contributed by atoms with E-state index in [1.165, 1.54) is 30.0 Å². The van der Waals surface area contributed by atoms with Crippen molar-refractivity contribution in [2.75, 3.05) is 5.32 Å². The molecule has 100 valence electrons. The van der Waals surface area contributed by atoms with Gasteiger partial charge in [0.15, 0.2) is 5.82 Å². The molecule has 0 amide bonds. The van der Waals surface area contributed by atoms with Gasteiger partial charge in [-0.15, -0.1) is 5.10 Å². The van der Waals surface area contributed by atoms with E-state index in [0.717, 1.165) is 11.5 Å². The second-order valence-corrected chi connectivity index (χ2v) is 6.43. The third kappa shape index (κ3) is 2.42. The normalized spacial score (nSPS) is 21.7. The van der Waals surface area contributed by atoms with Gasteiger partial charge in [-0.3, -0.25) is 0 Å². The van der Waals surface area contributed by atoms with Crippen molar-refractivity contribution in [2.45, 2.75) is 46.1 Å². The van der Waals surface area contributed by atoms with Crippen LogP contribution < -0.4 is 5.32 Å². The van der Waals surface area contributed by atoms with Gasteiger partial charge in [-0.25, -0.2) is 0 Å². The third-order valence-corrected chi connectivity index (χ3v) is 4.18. The first-order valence-corrected chi connectivity index (χ1v) is 7.04. The predicted octanol–water partition coefficient (Wildman–Crippen LogP) is 3.93. The van der Waals surface area contributed by atoms with Crippen molar-refractivity contribution in [1.82, 2.24) is 10.2 Å². The number of nitrogens with zero attached hydrogens (tertiary/aromatic N) is 2. The zero-order valence-corrected chi connectivity index (χ0v) is 11.9. The molecule has 0 radical (unpaired) electrons. The van der Waals surface area contributed by atoms with Crippen LogP contribution in [0.2, 0.25) is 0 Å². The van der Waals surface area contributed by atoms with E-state index in [1.54, 1.807) is 0 Å². The molecule has 0 saturated heterocycles. The van der Waals surface area contributed by atoms with Gasteiger partial charge in [-0.1, -0.05) is 38.1 Å². The first-order valence-electron chi connectivity index (χ1n) is 7.04. The quantitative estimate of drug-likeness (QED) is 0.883. The maximum Gasteiger partial charge on any atom is 0.156 e. The highest BCUT2D eigenvalue weighted by Gasteiger charge is 2.31. The summed E-state index contributed by atoms with van der Waals surface area (Å²) < 4.78 is 0. The van der Waals surface area contributed by atoms with Crippen molar-refractivity contribution >= 4 is 16.6 Å². The Morgan fingerprint density at radius 3 is 2.58 bits per heavy atom. The van der Waals surface area contributed by atoms with Crippen LogP contribution in [0.3, 0.4) is 0 Å². The molecular weight excluding hydrogens is 234 g/mol. The van der Waals surface area contributed by atoms with Crippen LogP contribution in [0.1, 0.15) is 38.8 Å². The fourth-order valence-electron chi connectivity index (χ4n) is 3.10. The number of aromatic nitrogens is 2. The maximum atomic E-state index is 4.36. The van der Waals surface area contributed by atoms with Gasteiger partial charge in [-0.2, -0.15) is 5.10 Å². The fraction of sp³-hybridized carbons (Fsp3) is 0.500. The molecule has 1 fully saturated rings. The highest BCUT2D eigenvalue weighted by atomic mass is 15.2. The first-order chi connectivity index (χ1) is 9.05. The predicted molar refractivity (Wildman–Crippen MR) is 79.3 cm³/mol. The van der Waals surface area contributed by atoms with Crippen molar-refractivity contribution in [3.8, 4) is 0 Å². The molecule has 1 aromatic heterocycles. The van der Waals surface area contributed by atoms with Gasteiger partial charge in [0.2, 0.25) is 0 Å². The molecule has 3 heteroatoms. The van der Waals surface area contributed by atoms with Gasteiger partial charge in [0.25, 0.3) is 0 Å². The van der Waals surface area contributed by atoms with E-state index >= 15 is 0 Å². The Labute approximate surface area is 114 Å². The fourth-order valence-corrected chi connectivity index (χ4v) is 3.10. The summed E-state index contributed by atoms with van der Waals surface area (Å²) in [5.74, 6) is 0.934. The van der Waals surface area contributed by atoms with Crippen LogP contribution in [-0.4, -0.2) is 16.2 Å². The number of hydrogen-bond acceptors (Lipinski definition) is 3. The second kappa shape index (κ2) is 4.48. The second-order valence-electron chi connectivity index (χ2n) is 6.43. The van der Waals surface area contributed by atoms with Crippen molar-refractivity contribution in [3.63, 3.8) is 0 Å². The number of aryl methyl sites for hydroxylation is 1. The third-order valence-electron chi connectivity index (χ3n) is 4.18. The zero-order chi connectivity index (χ0) is 13.5. The van der Waals surface area contributed by atoms with Gasteiger partial charge in [0, 0.05) is 16.8 Å². The Morgan fingerprint density at radius 2 is 1.89 bits per heavy atom. The molecule has 2 aromatic rings. The molecule has 1 aliphatic carbocycles. The summed E-state index contributed by atoms with van der Waals surface area (Å²) in [5, 5.41) is 14.6. The van der Waals surface area contributed by atoms with Crippen LogP contribution in [0.4, 0.5) is 5.82 Å². The van der Waals surface area contributed by atoms with Crippen LogP contribution in [0.25, 0.3) is 10.8 Å². The summed E-state index contributed by atoms with van der Waals surface area (Å²) in [5.41, 5.74) is 1.44. The van der Waals surface area contributed by atoms with E-state index < -0.39 is 0 Å². The molecule has 3 nitrogen and oxygen atoms in total. The highest BCUT2D eigenvalue weighted by molar-refractivity contribution is 5.92. The Hall–Kier alpha value is -1.64. The molecule has 0 spiro atoms. The molecule has 0 aliphatic heterocycles. The number of benzene rings is 1. The van der Waals surface area contributed by atoms with Crippen LogP contribution in [0.15, 0.2) is 24.3 Å². The van der Waals surface area contributed by atoms with Gasteiger partial charge >= 0.3 is 0 Å². The molecule has 0 bridgehead atoms. The molecule has 1 aliphatic rings. The summed E-state index contributed by atoms with van der Waals surface area (Å²) in [6.07, 6.45) is 3.70. The molecule has 3 rings (SSSR count). The maximum absolute atomic E-state index is 4.36. The minimum atomic E-state index is 0.450. The lowest BCUT2D eigenvalue weighted by Gasteiger charge is -2.18. The summed E-state index contributed by atoms with van der Waals surface area (Å²) >= 11 is 0. The summed E-state index contributed by atoms with van der Waals surface area (Å²) in [6.45, 7) is 6.69. The van der Waals surface area contributed by atoms with Crippen molar-refractivity contribution in [3.05, 3.63) is 30.0 Å². The van der Waals surface area contributed by atoms with Crippen LogP contribution in [-0.2, 0) is 0 Å². The number of fused-ring (bicyclic) bond motifs is 1. The van der Waals surface area contributed by atoms with Gasteiger partial charge < -0.3 is 5.32 Å². The molecule has 1 heterocycles. The molecule has 1 unspecified atom stereocenters. The van der Waals surface area contributed by atoms with Crippen molar-refractivity contribution < 1.29 is 0 Å². The summed E-state index contributed by atoms with van der Waals surface area (Å²) in [4.78, 5) is 0. The number of anilines is 1. The largest absolute Gasteiger partial charge is 0.365 e. The minimum absolute atomic E-state index is 0.450. The minimum Gasteiger partial charge on any atom is -0.365 e. The Balaban J connectivity index is 1.92. The SMILES string of the molecule is Cc1nnc(NC2CCC(C)(C)C2)c2ccccc12. The highest BCUT2D eigenvalue weighted by Crippen LogP contribution is 2.38. The van der Waals surface area contributed by atoms with E-state index in [9.17, 15) is 0 Å². The van der Waals surface area contributed by atoms with E-state index in [0.29, 0.717) is 11.5 Å². The average molecular weight is 255 g/mol. The summed E-state index contributed by atoms with van der Waals surface area (Å²) in [7, 11) is 0. The molecular formula is C16H21N3. The van der Waals surface area contributed by atoms with E-state index in [1.807, 2.05) is 6.92 Å². The zero-order valence-electron chi connectivity index (χ0n) is 11.9. The monoisotopic (exact) mass is 255 g/mol. The van der Waals surface area contributed by atoms with Crippen LogP contribution in [0, 0.1) is 12.3 Å². The topological polar surface area (TPSA) is 37.8 Å². The lowest BCUT2D eigenvalue weighted by Crippen LogP contribution is -2.19. The van der Waals surface area contributed by atoms with E-state index in [2.05, 4.69) is 53.6 Å². The van der Waals surface area contributed by atoms with E-state index in [-0.39, 0.29) is 0 Å². The molecule has 1 saturated carbocycles. The molecule has 1 N–H and O–H groups in total. The van der Waals surface area contributed by atoms with Gasteiger partial charge in [-0.05, 0) is 31.6 Å². The number of hydrogen-bond donors (Lipinski definition) is 1. The molecule has 1 atom stereocenters. The van der Waals surface area contributed by atoms with Gasteiger partial charge in [0.05, 0.1) is 5.69 Å².